The highest BCUT2D eigenvalue weighted by atomic mass is 32.2. The molecule has 0 bridgehead atoms. The lowest BCUT2D eigenvalue weighted by Gasteiger charge is -2.19. The van der Waals surface area contributed by atoms with E-state index in [0.717, 1.165) is 6.54 Å². The normalized spacial score (nSPS) is 20.9. The maximum Gasteiger partial charge on any atom is 0.0377 e. The van der Waals surface area contributed by atoms with Gasteiger partial charge in [0.25, 0.3) is 0 Å². The number of benzene rings is 1. The number of hydrogen-bond acceptors (Lipinski definition) is 3. The van der Waals surface area contributed by atoms with E-state index < -0.39 is 0 Å². The van der Waals surface area contributed by atoms with Crippen molar-refractivity contribution in [1.82, 2.24) is 5.32 Å². The lowest BCUT2D eigenvalue weighted by molar-refractivity contribution is 0.617. The first kappa shape index (κ1) is 10.8. The molecule has 2 rings (SSSR count). The predicted octanol–water partition coefficient (Wildman–Crippen LogP) is 2.21. The average Bonchev–Trinajstić information content (AvgIpc) is 2.78. The number of thioether (sulfide) groups is 1. The van der Waals surface area contributed by atoms with Gasteiger partial charge in [0.1, 0.15) is 0 Å². The third-order valence-corrected chi connectivity index (χ3v) is 3.74. The van der Waals surface area contributed by atoms with Gasteiger partial charge in [0.05, 0.1) is 0 Å². The second-order valence-electron chi connectivity index (χ2n) is 3.92. The molecule has 1 aliphatic rings. The van der Waals surface area contributed by atoms with Crippen LogP contribution in [-0.4, -0.2) is 32.4 Å². The Balaban J connectivity index is 2.09. The second kappa shape index (κ2) is 4.90. The minimum atomic E-state index is 0.655. The highest BCUT2D eigenvalue weighted by Crippen LogP contribution is 2.24. The molecule has 0 saturated carbocycles. The van der Waals surface area contributed by atoms with Gasteiger partial charge in [-0.2, -0.15) is 0 Å². The van der Waals surface area contributed by atoms with Crippen LogP contribution in [0.15, 0.2) is 29.2 Å². The molecule has 1 saturated heterocycles. The molecule has 0 radical (unpaired) electrons. The molecule has 2 nitrogen and oxygen atoms in total. The second-order valence-corrected chi connectivity index (χ2v) is 4.80. The van der Waals surface area contributed by atoms with Crippen LogP contribution in [0.2, 0.25) is 0 Å². The van der Waals surface area contributed by atoms with E-state index in [9.17, 15) is 0 Å². The first-order valence-corrected chi connectivity index (χ1v) is 6.62. The highest BCUT2D eigenvalue weighted by molar-refractivity contribution is 7.98. The van der Waals surface area contributed by atoms with Crippen LogP contribution in [0.1, 0.15) is 6.42 Å². The van der Waals surface area contributed by atoms with Crippen molar-refractivity contribution in [1.29, 1.82) is 0 Å². The largest absolute Gasteiger partial charge is 0.370 e. The van der Waals surface area contributed by atoms with Crippen LogP contribution >= 0.6 is 11.8 Å². The zero-order chi connectivity index (χ0) is 10.7. The molecule has 1 aromatic rings. The summed E-state index contributed by atoms with van der Waals surface area (Å²) < 4.78 is 0. The molecule has 1 aromatic carbocycles. The molecule has 1 atom stereocenters. The first-order chi connectivity index (χ1) is 7.33. The Hall–Kier alpha value is -0.670. The van der Waals surface area contributed by atoms with Crippen LogP contribution in [0, 0.1) is 0 Å². The summed E-state index contributed by atoms with van der Waals surface area (Å²) in [5, 5.41) is 3.35. The monoisotopic (exact) mass is 222 g/mol. The first-order valence-electron chi connectivity index (χ1n) is 5.39. The molecule has 1 unspecified atom stereocenters. The smallest absolute Gasteiger partial charge is 0.0377 e. The van der Waals surface area contributed by atoms with Crippen molar-refractivity contribution < 1.29 is 0 Å². The van der Waals surface area contributed by atoms with E-state index in [0.29, 0.717) is 6.04 Å². The van der Waals surface area contributed by atoms with E-state index in [1.54, 1.807) is 11.8 Å². The lowest BCUT2D eigenvalue weighted by atomic mass is 10.3. The summed E-state index contributed by atoms with van der Waals surface area (Å²) in [5.41, 5.74) is 1.36. The molecule has 82 valence electrons. The summed E-state index contributed by atoms with van der Waals surface area (Å²) in [5.74, 6) is 0. The summed E-state index contributed by atoms with van der Waals surface area (Å²) in [6, 6.07) is 9.46. The van der Waals surface area contributed by atoms with E-state index in [4.69, 9.17) is 0 Å². The SMILES string of the molecule is CNC1CCN(c2cccc(SC)c2)C1. The van der Waals surface area contributed by atoms with Gasteiger partial charge in [-0.15, -0.1) is 11.8 Å². The Kier molecular flexibility index (Phi) is 3.54. The summed E-state index contributed by atoms with van der Waals surface area (Å²) in [6.45, 7) is 2.30. The minimum Gasteiger partial charge on any atom is -0.370 e. The standard InChI is InChI=1S/C12H18N2S/c1-13-10-6-7-14(9-10)11-4-3-5-12(8-11)15-2/h3-5,8,10,13H,6-7,9H2,1-2H3. The highest BCUT2D eigenvalue weighted by Gasteiger charge is 2.20. The fourth-order valence-electron chi connectivity index (χ4n) is 2.04. The van der Waals surface area contributed by atoms with Gasteiger partial charge in [0.15, 0.2) is 0 Å². The van der Waals surface area contributed by atoms with Crippen molar-refractivity contribution in [3.8, 4) is 0 Å². The van der Waals surface area contributed by atoms with E-state index in [-0.39, 0.29) is 0 Å². The molecule has 1 fully saturated rings. The van der Waals surface area contributed by atoms with E-state index >= 15 is 0 Å². The van der Waals surface area contributed by atoms with Gasteiger partial charge in [-0.05, 0) is 37.9 Å². The van der Waals surface area contributed by atoms with Crippen LogP contribution < -0.4 is 10.2 Å². The Bertz CT molecular complexity index is 327. The molecule has 0 spiro atoms. The van der Waals surface area contributed by atoms with Gasteiger partial charge in [-0.1, -0.05) is 6.07 Å². The summed E-state index contributed by atoms with van der Waals surface area (Å²) in [4.78, 5) is 3.81. The third kappa shape index (κ3) is 2.47. The van der Waals surface area contributed by atoms with E-state index in [1.807, 2.05) is 7.05 Å². The van der Waals surface area contributed by atoms with Crippen LogP contribution in [0.4, 0.5) is 5.69 Å². The summed E-state index contributed by atoms with van der Waals surface area (Å²) >= 11 is 1.81. The van der Waals surface area contributed by atoms with E-state index in [1.165, 1.54) is 23.5 Å². The van der Waals surface area contributed by atoms with Crippen LogP contribution in [0.25, 0.3) is 0 Å². The van der Waals surface area contributed by atoms with Gasteiger partial charge in [0, 0.05) is 29.7 Å². The number of rotatable bonds is 3. The fraction of sp³-hybridized carbons (Fsp3) is 0.500. The van der Waals surface area contributed by atoms with Crippen LogP contribution in [0.5, 0.6) is 0 Å². The third-order valence-electron chi connectivity index (χ3n) is 3.01. The molecule has 0 aliphatic carbocycles. The number of hydrogen-bond donors (Lipinski definition) is 1. The zero-order valence-corrected chi connectivity index (χ0v) is 10.2. The Morgan fingerprint density at radius 1 is 1.47 bits per heavy atom. The average molecular weight is 222 g/mol. The van der Waals surface area contributed by atoms with Crippen molar-refractivity contribution in [3.05, 3.63) is 24.3 Å². The topological polar surface area (TPSA) is 15.3 Å². The lowest BCUT2D eigenvalue weighted by Crippen LogP contribution is -2.29. The predicted molar refractivity (Wildman–Crippen MR) is 67.9 cm³/mol. The quantitative estimate of drug-likeness (QED) is 0.789. The molecular weight excluding hydrogens is 204 g/mol. The molecule has 3 heteroatoms. The van der Waals surface area contributed by atoms with Gasteiger partial charge >= 0.3 is 0 Å². The Morgan fingerprint density at radius 2 is 2.33 bits per heavy atom. The van der Waals surface area contributed by atoms with Gasteiger partial charge in [0.2, 0.25) is 0 Å². The number of nitrogens with one attached hydrogen (secondary N) is 1. The number of likely N-dealkylation sites (N-methyl/N-ethyl adjacent to an activating group) is 1. The molecule has 1 aliphatic heterocycles. The molecular formula is C12H18N2S. The molecule has 15 heavy (non-hydrogen) atoms. The summed E-state index contributed by atoms with van der Waals surface area (Å²) in [6.07, 6.45) is 3.37. The Morgan fingerprint density at radius 3 is 3.00 bits per heavy atom. The number of nitrogens with zero attached hydrogens (tertiary/aromatic N) is 1. The molecule has 1 heterocycles. The maximum atomic E-state index is 3.35. The Labute approximate surface area is 96.0 Å². The van der Waals surface area contributed by atoms with Crippen LogP contribution in [0.3, 0.4) is 0 Å². The van der Waals surface area contributed by atoms with Crippen molar-refractivity contribution in [2.45, 2.75) is 17.4 Å². The minimum absolute atomic E-state index is 0.655. The van der Waals surface area contributed by atoms with E-state index in [2.05, 4.69) is 40.7 Å². The number of anilines is 1. The van der Waals surface area contributed by atoms with Crippen molar-refractivity contribution in [2.24, 2.45) is 0 Å². The van der Waals surface area contributed by atoms with Crippen molar-refractivity contribution in [2.75, 3.05) is 31.3 Å². The van der Waals surface area contributed by atoms with Gasteiger partial charge in [-0.3, -0.25) is 0 Å². The van der Waals surface area contributed by atoms with Crippen LogP contribution in [-0.2, 0) is 0 Å². The van der Waals surface area contributed by atoms with Crippen molar-refractivity contribution in [3.63, 3.8) is 0 Å². The molecule has 0 aromatic heterocycles. The fourth-order valence-corrected chi connectivity index (χ4v) is 2.49. The van der Waals surface area contributed by atoms with Crippen molar-refractivity contribution >= 4 is 17.4 Å². The zero-order valence-electron chi connectivity index (χ0n) is 9.36. The molecule has 0 amide bonds. The van der Waals surface area contributed by atoms with Gasteiger partial charge in [-0.25, -0.2) is 0 Å². The summed E-state index contributed by atoms with van der Waals surface area (Å²) in [7, 11) is 2.05. The molecule has 1 N–H and O–H groups in total. The van der Waals surface area contributed by atoms with Gasteiger partial charge < -0.3 is 10.2 Å². The maximum absolute atomic E-state index is 3.35.